The zero-order chi connectivity index (χ0) is 11.3. The molecule has 0 saturated heterocycles. The van der Waals surface area contributed by atoms with Crippen LogP contribution in [0.4, 0.5) is 0 Å². The van der Waals surface area contributed by atoms with Gasteiger partial charge in [0.25, 0.3) is 0 Å². The molecule has 1 aromatic carbocycles. The number of carboxylic acid groups (broad SMARTS) is 1. The zero-order valence-electron chi connectivity index (χ0n) is 8.43. The SMILES string of the molecule is C[C@H](Cc1ccccc1C(=O)O)NC=O. The maximum absolute atomic E-state index is 10.9. The summed E-state index contributed by atoms with van der Waals surface area (Å²) in [6.45, 7) is 1.83. The maximum atomic E-state index is 10.9. The molecule has 4 heteroatoms. The molecule has 15 heavy (non-hydrogen) atoms. The van der Waals surface area contributed by atoms with E-state index in [0.717, 1.165) is 5.56 Å². The Kier molecular flexibility index (Phi) is 3.85. The molecule has 1 atom stereocenters. The van der Waals surface area contributed by atoms with Crippen molar-refractivity contribution in [2.75, 3.05) is 0 Å². The first kappa shape index (κ1) is 11.2. The van der Waals surface area contributed by atoms with Crippen molar-refractivity contribution >= 4 is 12.4 Å². The molecule has 0 aromatic heterocycles. The Labute approximate surface area is 87.9 Å². The Morgan fingerprint density at radius 3 is 2.80 bits per heavy atom. The molecule has 2 N–H and O–H groups in total. The molecule has 0 aliphatic rings. The van der Waals surface area contributed by atoms with Crippen molar-refractivity contribution in [1.82, 2.24) is 5.32 Å². The molecule has 80 valence electrons. The lowest BCUT2D eigenvalue weighted by Gasteiger charge is -2.11. The molecule has 1 amide bonds. The predicted octanol–water partition coefficient (Wildman–Crippen LogP) is 1.06. The first-order valence-corrected chi connectivity index (χ1v) is 4.66. The van der Waals surface area contributed by atoms with Crippen molar-refractivity contribution in [1.29, 1.82) is 0 Å². The third-order valence-corrected chi connectivity index (χ3v) is 2.13. The van der Waals surface area contributed by atoms with Gasteiger partial charge < -0.3 is 10.4 Å². The molecule has 0 fully saturated rings. The number of carbonyl (C=O) groups is 2. The lowest BCUT2D eigenvalue weighted by atomic mass is 10.0. The van der Waals surface area contributed by atoms with Crippen molar-refractivity contribution in [3.8, 4) is 0 Å². The van der Waals surface area contributed by atoms with E-state index in [1.807, 2.05) is 6.92 Å². The summed E-state index contributed by atoms with van der Waals surface area (Å²) in [7, 11) is 0. The molecule has 1 rings (SSSR count). The number of hydrogen-bond donors (Lipinski definition) is 2. The standard InChI is InChI=1S/C11H13NO3/c1-8(12-7-13)6-9-4-2-3-5-10(9)11(14)15/h2-5,7-8H,6H2,1H3,(H,12,13)(H,14,15)/t8-/m1/s1. The third-order valence-electron chi connectivity index (χ3n) is 2.13. The van der Waals surface area contributed by atoms with Gasteiger partial charge in [0.1, 0.15) is 0 Å². The number of carboxylic acids is 1. The van der Waals surface area contributed by atoms with E-state index in [1.54, 1.807) is 24.3 Å². The lowest BCUT2D eigenvalue weighted by Crippen LogP contribution is -2.27. The van der Waals surface area contributed by atoms with Crippen molar-refractivity contribution in [3.63, 3.8) is 0 Å². The van der Waals surface area contributed by atoms with Gasteiger partial charge in [0.15, 0.2) is 0 Å². The van der Waals surface area contributed by atoms with Crippen molar-refractivity contribution in [3.05, 3.63) is 35.4 Å². The highest BCUT2D eigenvalue weighted by molar-refractivity contribution is 5.89. The van der Waals surface area contributed by atoms with Gasteiger partial charge in [-0.2, -0.15) is 0 Å². The highest BCUT2D eigenvalue weighted by Crippen LogP contribution is 2.10. The van der Waals surface area contributed by atoms with Crippen LogP contribution >= 0.6 is 0 Å². The summed E-state index contributed by atoms with van der Waals surface area (Å²) < 4.78 is 0. The van der Waals surface area contributed by atoms with Gasteiger partial charge >= 0.3 is 5.97 Å². The van der Waals surface area contributed by atoms with Gasteiger partial charge in [0.05, 0.1) is 5.56 Å². The summed E-state index contributed by atoms with van der Waals surface area (Å²) >= 11 is 0. The minimum atomic E-state index is -0.941. The van der Waals surface area contributed by atoms with Crippen LogP contribution in [0, 0.1) is 0 Å². The van der Waals surface area contributed by atoms with Gasteiger partial charge in [-0.15, -0.1) is 0 Å². The van der Waals surface area contributed by atoms with Gasteiger partial charge in [-0.1, -0.05) is 18.2 Å². The smallest absolute Gasteiger partial charge is 0.335 e. The van der Waals surface area contributed by atoms with Gasteiger partial charge in [0.2, 0.25) is 6.41 Å². The Morgan fingerprint density at radius 1 is 1.53 bits per heavy atom. The van der Waals surface area contributed by atoms with E-state index < -0.39 is 5.97 Å². The molecular weight excluding hydrogens is 194 g/mol. The predicted molar refractivity (Wildman–Crippen MR) is 55.8 cm³/mol. The highest BCUT2D eigenvalue weighted by Gasteiger charge is 2.11. The number of benzene rings is 1. The fraction of sp³-hybridized carbons (Fsp3) is 0.273. The van der Waals surface area contributed by atoms with Crippen LogP contribution in [-0.4, -0.2) is 23.5 Å². The quantitative estimate of drug-likeness (QED) is 0.709. The molecule has 0 aliphatic carbocycles. The van der Waals surface area contributed by atoms with Crippen LogP contribution in [0.2, 0.25) is 0 Å². The van der Waals surface area contributed by atoms with Crippen LogP contribution in [-0.2, 0) is 11.2 Å². The second kappa shape index (κ2) is 5.14. The van der Waals surface area contributed by atoms with Crippen molar-refractivity contribution < 1.29 is 14.7 Å². The number of nitrogens with one attached hydrogen (secondary N) is 1. The van der Waals surface area contributed by atoms with Gasteiger partial charge in [-0.3, -0.25) is 4.79 Å². The molecule has 0 aliphatic heterocycles. The van der Waals surface area contributed by atoms with Crippen LogP contribution in [0.3, 0.4) is 0 Å². The number of carbonyl (C=O) groups excluding carboxylic acids is 1. The summed E-state index contributed by atoms with van der Waals surface area (Å²) in [4.78, 5) is 21.1. The zero-order valence-corrected chi connectivity index (χ0v) is 8.43. The largest absolute Gasteiger partial charge is 0.478 e. The lowest BCUT2D eigenvalue weighted by molar-refractivity contribution is -0.110. The van der Waals surface area contributed by atoms with E-state index in [1.165, 1.54) is 0 Å². The van der Waals surface area contributed by atoms with Gasteiger partial charge in [0, 0.05) is 6.04 Å². The van der Waals surface area contributed by atoms with Crippen LogP contribution in [0.1, 0.15) is 22.8 Å². The summed E-state index contributed by atoms with van der Waals surface area (Å²) in [6, 6.07) is 6.72. The van der Waals surface area contributed by atoms with Crippen molar-refractivity contribution in [2.45, 2.75) is 19.4 Å². The van der Waals surface area contributed by atoms with Crippen molar-refractivity contribution in [2.24, 2.45) is 0 Å². The maximum Gasteiger partial charge on any atom is 0.335 e. The topological polar surface area (TPSA) is 66.4 Å². The van der Waals surface area contributed by atoms with E-state index in [2.05, 4.69) is 5.32 Å². The van der Waals surface area contributed by atoms with Gasteiger partial charge in [-0.05, 0) is 25.0 Å². The molecular formula is C11H13NO3. The summed E-state index contributed by atoms with van der Waals surface area (Å²) in [5, 5.41) is 11.5. The normalized spacial score (nSPS) is 11.8. The van der Waals surface area contributed by atoms with E-state index >= 15 is 0 Å². The van der Waals surface area contributed by atoms with E-state index in [9.17, 15) is 9.59 Å². The second-order valence-electron chi connectivity index (χ2n) is 3.35. The third kappa shape index (κ3) is 3.09. The molecule has 0 unspecified atom stereocenters. The van der Waals surface area contributed by atoms with Crippen LogP contribution in [0.15, 0.2) is 24.3 Å². The summed E-state index contributed by atoms with van der Waals surface area (Å²) in [6.07, 6.45) is 1.13. The fourth-order valence-corrected chi connectivity index (χ4v) is 1.41. The Balaban J connectivity index is 2.84. The molecule has 0 radical (unpaired) electrons. The second-order valence-corrected chi connectivity index (χ2v) is 3.35. The summed E-state index contributed by atoms with van der Waals surface area (Å²) in [5.74, 6) is -0.941. The minimum absolute atomic E-state index is 0.0667. The highest BCUT2D eigenvalue weighted by atomic mass is 16.4. The molecule has 0 bridgehead atoms. The fourth-order valence-electron chi connectivity index (χ4n) is 1.41. The first-order valence-electron chi connectivity index (χ1n) is 4.66. The summed E-state index contributed by atoms with van der Waals surface area (Å²) in [5.41, 5.74) is 1.02. The average Bonchev–Trinajstić information content (AvgIpc) is 2.18. The number of aromatic carboxylic acids is 1. The molecule has 0 spiro atoms. The monoisotopic (exact) mass is 207 g/mol. The van der Waals surface area contributed by atoms with Crippen LogP contribution < -0.4 is 5.32 Å². The van der Waals surface area contributed by atoms with E-state index in [0.29, 0.717) is 12.8 Å². The van der Waals surface area contributed by atoms with E-state index in [-0.39, 0.29) is 11.6 Å². The average molecular weight is 207 g/mol. The number of rotatable bonds is 5. The molecule has 4 nitrogen and oxygen atoms in total. The first-order chi connectivity index (χ1) is 7.15. The molecule has 0 heterocycles. The van der Waals surface area contributed by atoms with Crippen LogP contribution in [0.25, 0.3) is 0 Å². The Morgan fingerprint density at radius 2 is 2.20 bits per heavy atom. The van der Waals surface area contributed by atoms with Crippen LogP contribution in [0.5, 0.6) is 0 Å². The minimum Gasteiger partial charge on any atom is -0.478 e. The molecule has 1 aromatic rings. The Hall–Kier alpha value is -1.84. The number of amides is 1. The number of hydrogen-bond acceptors (Lipinski definition) is 2. The molecule has 0 saturated carbocycles. The van der Waals surface area contributed by atoms with Gasteiger partial charge in [-0.25, -0.2) is 4.79 Å². The van der Waals surface area contributed by atoms with E-state index in [4.69, 9.17) is 5.11 Å². The Bertz CT molecular complexity index is 363.